The van der Waals surface area contributed by atoms with E-state index in [0.29, 0.717) is 5.56 Å². The SMILES string of the molecule is COC(=O)C(C)(NC1CCCC1)c1ccc(F)c(Cl)c1. The molecular weight excluding hydrogens is 281 g/mol. The number of ether oxygens (including phenoxy) is 1. The Labute approximate surface area is 123 Å². The Morgan fingerprint density at radius 1 is 1.45 bits per heavy atom. The van der Waals surface area contributed by atoms with Gasteiger partial charge in [0.15, 0.2) is 0 Å². The third-order valence-corrected chi connectivity index (χ3v) is 4.23. The number of carbonyl (C=O) groups is 1. The summed E-state index contributed by atoms with van der Waals surface area (Å²) in [5, 5.41) is 3.36. The van der Waals surface area contributed by atoms with Gasteiger partial charge >= 0.3 is 5.97 Å². The van der Waals surface area contributed by atoms with Gasteiger partial charge in [-0.05, 0) is 37.5 Å². The highest BCUT2D eigenvalue weighted by Crippen LogP contribution is 2.30. The number of halogens is 2. The molecule has 0 aliphatic heterocycles. The molecule has 1 aromatic rings. The van der Waals surface area contributed by atoms with Gasteiger partial charge in [-0.25, -0.2) is 9.18 Å². The first kappa shape index (κ1) is 15.3. The third kappa shape index (κ3) is 2.96. The highest BCUT2D eigenvalue weighted by Gasteiger charge is 2.39. The number of hydrogen-bond acceptors (Lipinski definition) is 3. The molecule has 0 bridgehead atoms. The molecule has 1 unspecified atom stereocenters. The Bertz CT molecular complexity index is 503. The van der Waals surface area contributed by atoms with Gasteiger partial charge in [-0.3, -0.25) is 5.32 Å². The fourth-order valence-corrected chi connectivity index (χ4v) is 2.93. The second kappa shape index (κ2) is 6.10. The lowest BCUT2D eigenvalue weighted by molar-refractivity contribution is -0.148. The van der Waals surface area contributed by atoms with E-state index in [1.165, 1.54) is 19.2 Å². The summed E-state index contributed by atoms with van der Waals surface area (Å²) >= 11 is 5.83. The topological polar surface area (TPSA) is 38.3 Å². The number of hydrogen-bond donors (Lipinski definition) is 1. The van der Waals surface area contributed by atoms with Gasteiger partial charge in [-0.2, -0.15) is 0 Å². The van der Waals surface area contributed by atoms with E-state index in [1.807, 2.05) is 0 Å². The maximum atomic E-state index is 13.3. The molecule has 110 valence electrons. The minimum atomic E-state index is -1.01. The van der Waals surface area contributed by atoms with E-state index < -0.39 is 17.3 Å². The first-order valence-corrected chi connectivity index (χ1v) is 7.17. The van der Waals surface area contributed by atoms with Crippen LogP contribution in [0.5, 0.6) is 0 Å². The molecule has 0 aromatic heterocycles. The first-order chi connectivity index (χ1) is 9.47. The first-order valence-electron chi connectivity index (χ1n) is 6.79. The third-order valence-electron chi connectivity index (χ3n) is 3.94. The average Bonchev–Trinajstić information content (AvgIpc) is 2.93. The average molecular weight is 300 g/mol. The van der Waals surface area contributed by atoms with Crippen LogP contribution >= 0.6 is 11.6 Å². The smallest absolute Gasteiger partial charge is 0.330 e. The maximum absolute atomic E-state index is 13.3. The molecule has 1 aliphatic rings. The quantitative estimate of drug-likeness (QED) is 0.866. The number of benzene rings is 1. The molecule has 1 aromatic carbocycles. The Morgan fingerprint density at radius 2 is 2.10 bits per heavy atom. The summed E-state index contributed by atoms with van der Waals surface area (Å²) in [5.74, 6) is -0.893. The highest BCUT2D eigenvalue weighted by atomic mass is 35.5. The van der Waals surface area contributed by atoms with Gasteiger partial charge in [0.05, 0.1) is 12.1 Å². The molecule has 0 amide bonds. The molecule has 5 heteroatoms. The Hall–Kier alpha value is -1.13. The van der Waals surface area contributed by atoms with Crippen LogP contribution in [0, 0.1) is 5.82 Å². The van der Waals surface area contributed by atoms with Crippen LogP contribution in [0.1, 0.15) is 38.2 Å². The number of methoxy groups -OCH3 is 1. The van der Waals surface area contributed by atoms with Crippen LogP contribution < -0.4 is 5.32 Å². The largest absolute Gasteiger partial charge is 0.467 e. The van der Waals surface area contributed by atoms with Gasteiger partial charge in [-0.1, -0.05) is 30.5 Å². The van der Waals surface area contributed by atoms with E-state index in [0.717, 1.165) is 25.7 Å². The molecule has 20 heavy (non-hydrogen) atoms. The van der Waals surface area contributed by atoms with Gasteiger partial charge in [0.2, 0.25) is 0 Å². The molecule has 0 heterocycles. The van der Waals surface area contributed by atoms with Crippen LogP contribution in [-0.4, -0.2) is 19.1 Å². The van der Waals surface area contributed by atoms with Crippen molar-refractivity contribution >= 4 is 17.6 Å². The zero-order valence-electron chi connectivity index (χ0n) is 11.7. The predicted octanol–water partition coefficient (Wildman–Crippen LogP) is 3.40. The highest BCUT2D eigenvalue weighted by molar-refractivity contribution is 6.30. The van der Waals surface area contributed by atoms with Crippen molar-refractivity contribution < 1.29 is 13.9 Å². The fourth-order valence-electron chi connectivity index (χ4n) is 2.75. The van der Waals surface area contributed by atoms with Crippen LogP contribution in [0.25, 0.3) is 0 Å². The minimum absolute atomic E-state index is 0.00542. The molecule has 0 radical (unpaired) electrons. The van der Waals surface area contributed by atoms with E-state index in [9.17, 15) is 9.18 Å². The molecule has 0 spiro atoms. The molecule has 1 atom stereocenters. The normalized spacial score (nSPS) is 18.8. The summed E-state index contributed by atoms with van der Waals surface area (Å²) in [6.07, 6.45) is 4.36. The van der Waals surface area contributed by atoms with Gasteiger partial charge < -0.3 is 4.74 Å². The summed E-state index contributed by atoms with van der Waals surface area (Å²) in [5.41, 5.74) is -0.399. The van der Waals surface area contributed by atoms with Crippen molar-refractivity contribution in [2.75, 3.05) is 7.11 Å². The van der Waals surface area contributed by atoms with E-state index in [4.69, 9.17) is 16.3 Å². The van der Waals surface area contributed by atoms with Crippen LogP contribution in [-0.2, 0) is 15.1 Å². The van der Waals surface area contributed by atoms with Crippen LogP contribution in [0.15, 0.2) is 18.2 Å². The van der Waals surface area contributed by atoms with Gasteiger partial charge in [0, 0.05) is 6.04 Å². The van der Waals surface area contributed by atoms with Crippen LogP contribution in [0.2, 0.25) is 5.02 Å². The minimum Gasteiger partial charge on any atom is -0.467 e. The second-order valence-electron chi connectivity index (χ2n) is 5.37. The summed E-state index contributed by atoms with van der Waals surface area (Å²) in [6, 6.07) is 4.59. The van der Waals surface area contributed by atoms with Crippen molar-refractivity contribution in [3.05, 3.63) is 34.6 Å². The Morgan fingerprint density at radius 3 is 2.65 bits per heavy atom. The zero-order valence-corrected chi connectivity index (χ0v) is 12.5. The lowest BCUT2D eigenvalue weighted by Gasteiger charge is -2.32. The number of carbonyl (C=O) groups excluding carboxylic acids is 1. The van der Waals surface area contributed by atoms with E-state index in [1.54, 1.807) is 13.0 Å². The summed E-state index contributed by atoms with van der Waals surface area (Å²) in [6.45, 7) is 1.75. The van der Waals surface area contributed by atoms with Gasteiger partial charge in [0.25, 0.3) is 0 Å². The molecule has 1 N–H and O–H groups in total. The van der Waals surface area contributed by atoms with Crippen molar-refractivity contribution in [1.82, 2.24) is 5.32 Å². The van der Waals surface area contributed by atoms with E-state index in [2.05, 4.69) is 5.32 Å². The van der Waals surface area contributed by atoms with E-state index in [-0.39, 0.29) is 11.1 Å². The standard InChI is InChI=1S/C15H19ClFNO2/c1-15(14(19)20-2,18-11-5-3-4-6-11)10-7-8-13(17)12(16)9-10/h7-9,11,18H,3-6H2,1-2H3. The van der Waals surface area contributed by atoms with Crippen molar-refractivity contribution in [3.63, 3.8) is 0 Å². The number of nitrogens with one attached hydrogen (secondary N) is 1. The van der Waals surface area contributed by atoms with Crippen molar-refractivity contribution in [2.24, 2.45) is 0 Å². The van der Waals surface area contributed by atoms with Crippen LogP contribution in [0.4, 0.5) is 4.39 Å². The molecule has 1 fully saturated rings. The number of rotatable bonds is 4. The maximum Gasteiger partial charge on any atom is 0.330 e. The molecule has 0 saturated heterocycles. The molecule has 3 nitrogen and oxygen atoms in total. The zero-order chi connectivity index (χ0) is 14.8. The lowest BCUT2D eigenvalue weighted by Crippen LogP contribution is -2.51. The Balaban J connectivity index is 2.34. The second-order valence-corrected chi connectivity index (χ2v) is 5.78. The van der Waals surface area contributed by atoms with Gasteiger partial charge in [0.1, 0.15) is 11.4 Å². The Kier molecular flexibility index (Phi) is 4.66. The molecule has 1 aliphatic carbocycles. The van der Waals surface area contributed by atoms with Crippen molar-refractivity contribution in [2.45, 2.75) is 44.2 Å². The lowest BCUT2D eigenvalue weighted by atomic mass is 9.90. The summed E-state index contributed by atoms with van der Waals surface area (Å²) < 4.78 is 18.2. The number of esters is 1. The molecular formula is C15H19ClFNO2. The molecule has 1 saturated carbocycles. The van der Waals surface area contributed by atoms with Crippen molar-refractivity contribution in [3.8, 4) is 0 Å². The van der Waals surface area contributed by atoms with E-state index >= 15 is 0 Å². The summed E-state index contributed by atoms with van der Waals surface area (Å²) in [7, 11) is 1.35. The fraction of sp³-hybridized carbons (Fsp3) is 0.533. The monoisotopic (exact) mass is 299 g/mol. The van der Waals surface area contributed by atoms with Crippen LogP contribution in [0.3, 0.4) is 0 Å². The summed E-state index contributed by atoms with van der Waals surface area (Å²) in [4.78, 5) is 12.2. The van der Waals surface area contributed by atoms with Crippen molar-refractivity contribution in [1.29, 1.82) is 0 Å². The van der Waals surface area contributed by atoms with Gasteiger partial charge in [-0.15, -0.1) is 0 Å². The molecule has 2 rings (SSSR count). The predicted molar refractivity (Wildman–Crippen MR) is 76.2 cm³/mol.